The van der Waals surface area contributed by atoms with Crippen molar-refractivity contribution in [3.8, 4) is 0 Å². The average molecular weight is 523 g/mol. The van der Waals surface area contributed by atoms with Crippen molar-refractivity contribution in [3.63, 3.8) is 0 Å². The monoisotopic (exact) mass is 523 g/mol. The van der Waals surface area contributed by atoms with Gasteiger partial charge in [0.15, 0.2) is 5.96 Å². The van der Waals surface area contributed by atoms with Crippen LogP contribution in [0.15, 0.2) is 53.7 Å². The molecule has 0 radical (unpaired) electrons. The van der Waals surface area contributed by atoms with Crippen molar-refractivity contribution in [2.45, 2.75) is 13.3 Å². The van der Waals surface area contributed by atoms with E-state index in [1.807, 2.05) is 31.3 Å². The third kappa shape index (κ3) is 6.45. The van der Waals surface area contributed by atoms with Gasteiger partial charge in [0.25, 0.3) is 5.91 Å². The molecule has 0 atom stereocenters. The number of aryl methyl sites for hydroxylation is 1. The van der Waals surface area contributed by atoms with Crippen molar-refractivity contribution >= 4 is 46.7 Å². The van der Waals surface area contributed by atoms with Crippen LogP contribution < -0.4 is 16.0 Å². The van der Waals surface area contributed by atoms with E-state index in [9.17, 15) is 9.18 Å². The maximum atomic E-state index is 13.5. The first-order valence-electron chi connectivity index (χ1n) is 9.61. The number of H-pyrrole nitrogens is 1. The number of nitrogens with one attached hydrogen (secondary N) is 4. The summed E-state index contributed by atoms with van der Waals surface area (Å²) in [5.74, 6) is 0.322. The van der Waals surface area contributed by atoms with Gasteiger partial charge < -0.3 is 20.9 Å². The van der Waals surface area contributed by atoms with Gasteiger partial charge in [-0.05, 0) is 49.2 Å². The van der Waals surface area contributed by atoms with Crippen molar-refractivity contribution < 1.29 is 9.18 Å². The van der Waals surface area contributed by atoms with Crippen LogP contribution in [0.1, 0.15) is 21.5 Å². The SMILES string of the molecule is CN=C(NCCNC(=O)c1cccc(C)c1)NCCc1c[nH]c2ccc(F)cc12.I. The highest BCUT2D eigenvalue weighted by Gasteiger charge is 2.06. The first kappa shape index (κ1) is 23.7. The molecule has 3 rings (SSSR count). The third-order valence-electron chi connectivity index (χ3n) is 4.62. The molecular weight excluding hydrogens is 496 g/mol. The number of guanidine groups is 1. The Balaban J connectivity index is 0.00000320. The number of carbonyl (C=O) groups is 1. The van der Waals surface area contributed by atoms with Gasteiger partial charge in [0.05, 0.1) is 0 Å². The van der Waals surface area contributed by atoms with Crippen molar-refractivity contribution in [1.29, 1.82) is 0 Å². The first-order chi connectivity index (χ1) is 14.1. The van der Waals surface area contributed by atoms with E-state index in [1.54, 1.807) is 25.2 Å². The molecule has 30 heavy (non-hydrogen) atoms. The van der Waals surface area contributed by atoms with E-state index in [1.165, 1.54) is 6.07 Å². The van der Waals surface area contributed by atoms with E-state index < -0.39 is 0 Å². The molecule has 160 valence electrons. The van der Waals surface area contributed by atoms with Crippen LogP contribution >= 0.6 is 24.0 Å². The summed E-state index contributed by atoms with van der Waals surface area (Å²) in [6.07, 6.45) is 2.64. The minimum absolute atomic E-state index is 0. The fourth-order valence-corrected chi connectivity index (χ4v) is 3.14. The van der Waals surface area contributed by atoms with E-state index >= 15 is 0 Å². The minimum Gasteiger partial charge on any atom is -0.361 e. The zero-order valence-corrected chi connectivity index (χ0v) is 19.4. The Morgan fingerprint density at radius 1 is 1.07 bits per heavy atom. The van der Waals surface area contributed by atoms with Crippen LogP contribution in [-0.2, 0) is 6.42 Å². The second-order valence-corrected chi connectivity index (χ2v) is 6.80. The summed E-state index contributed by atoms with van der Waals surface area (Å²) in [5.41, 5.74) is 3.68. The largest absolute Gasteiger partial charge is 0.361 e. The highest BCUT2D eigenvalue weighted by Crippen LogP contribution is 2.19. The first-order valence-corrected chi connectivity index (χ1v) is 9.61. The lowest BCUT2D eigenvalue weighted by molar-refractivity contribution is 0.0954. The van der Waals surface area contributed by atoms with E-state index in [0.717, 1.165) is 28.5 Å². The number of aromatic amines is 1. The molecule has 0 aliphatic heterocycles. The highest BCUT2D eigenvalue weighted by atomic mass is 127. The molecule has 1 aromatic heterocycles. The maximum Gasteiger partial charge on any atom is 0.251 e. The topological polar surface area (TPSA) is 81.3 Å². The Bertz CT molecular complexity index is 1020. The lowest BCUT2D eigenvalue weighted by Gasteiger charge is -2.12. The number of hydrogen-bond donors (Lipinski definition) is 4. The van der Waals surface area contributed by atoms with E-state index in [0.29, 0.717) is 31.2 Å². The number of aliphatic imine (C=N–C) groups is 1. The van der Waals surface area contributed by atoms with Crippen LogP contribution in [0.4, 0.5) is 4.39 Å². The van der Waals surface area contributed by atoms with Gasteiger partial charge in [-0.1, -0.05) is 17.7 Å². The molecule has 0 aliphatic carbocycles. The summed E-state index contributed by atoms with van der Waals surface area (Å²) in [6.45, 7) is 3.64. The molecule has 0 fully saturated rings. The van der Waals surface area contributed by atoms with Gasteiger partial charge in [-0.25, -0.2) is 4.39 Å². The normalized spacial score (nSPS) is 11.1. The molecule has 1 heterocycles. The molecule has 4 N–H and O–H groups in total. The van der Waals surface area contributed by atoms with Crippen LogP contribution in [0.3, 0.4) is 0 Å². The average Bonchev–Trinajstić information content (AvgIpc) is 3.11. The summed E-state index contributed by atoms with van der Waals surface area (Å²) in [6, 6.07) is 12.2. The van der Waals surface area contributed by atoms with Gasteiger partial charge >= 0.3 is 0 Å². The molecule has 0 saturated heterocycles. The molecule has 3 aromatic rings. The number of rotatable bonds is 7. The standard InChI is InChI=1S/C22H26FN5O.HI/c1-15-4-3-5-16(12-15)21(29)25-10-11-27-22(24-2)26-9-8-17-14-28-20-7-6-18(23)13-19(17)20;/h3-7,12-14,28H,8-11H2,1-2H3,(H,25,29)(H2,24,26,27);1H. The van der Waals surface area contributed by atoms with Crippen LogP contribution in [-0.4, -0.2) is 43.5 Å². The number of hydrogen-bond acceptors (Lipinski definition) is 2. The Morgan fingerprint density at radius 3 is 2.60 bits per heavy atom. The van der Waals surface area contributed by atoms with Gasteiger partial charge in [0, 0.05) is 49.3 Å². The fourth-order valence-electron chi connectivity index (χ4n) is 3.14. The van der Waals surface area contributed by atoms with Crippen molar-refractivity contribution in [2.75, 3.05) is 26.7 Å². The van der Waals surface area contributed by atoms with Gasteiger partial charge in [-0.3, -0.25) is 9.79 Å². The molecule has 0 spiro atoms. The number of fused-ring (bicyclic) bond motifs is 1. The summed E-state index contributed by atoms with van der Waals surface area (Å²) >= 11 is 0. The van der Waals surface area contributed by atoms with Gasteiger partial charge in [0.1, 0.15) is 5.82 Å². The Kier molecular flexibility index (Phi) is 9.10. The van der Waals surface area contributed by atoms with Gasteiger partial charge in [-0.2, -0.15) is 0 Å². The summed E-state index contributed by atoms with van der Waals surface area (Å²) in [7, 11) is 1.70. The second-order valence-electron chi connectivity index (χ2n) is 6.80. The van der Waals surface area contributed by atoms with Crippen LogP contribution in [0.2, 0.25) is 0 Å². The molecule has 0 aliphatic rings. The molecule has 0 bridgehead atoms. The molecule has 1 amide bonds. The van der Waals surface area contributed by atoms with Gasteiger partial charge in [-0.15, -0.1) is 24.0 Å². The number of aromatic nitrogens is 1. The number of nitrogens with zero attached hydrogens (tertiary/aromatic N) is 1. The minimum atomic E-state index is -0.239. The zero-order chi connectivity index (χ0) is 20.6. The van der Waals surface area contributed by atoms with Crippen molar-refractivity contribution in [3.05, 3.63) is 71.2 Å². The lowest BCUT2D eigenvalue weighted by atomic mass is 10.1. The summed E-state index contributed by atoms with van der Waals surface area (Å²) in [5, 5.41) is 10.2. The zero-order valence-electron chi connectivity index (χ0n) is 17.1. The van der Waals surface area contributed by atoms with Crippen LogP contribution in [0.5, 0.6) is 0 Å². The van der Waals surface area contributed by atoms with E-state index in [-0.39, 0.29) is 35.7 Å². The summed E-state index contributed by atoms with van der Waals surface area (Å²) in [4.78, 5) is 19.5. The Labute approximate surface area is 192 Å². The maximum absolute atomic E-state index is 13.5. The third-order valence-corrected chi connectivity index (χ3v) is 4.62. The molecule has 6 nitrogen and oxygen atoms in total. The van der Waals surface area contributed by atoms with Crippen molar-refractivity contribution in [2.24, 2.45) is 4.99 Å². The number of amides is 1. The Hall–Kier alpha value is -2.62. The Morgan fingerprint density at radius 2 is 1.83 bits per heavy atom. The lowest BCUT2D eigenvalue weighted by Crippen LogP contribution is -2.42. The molecule has 0 unspecified atom stereocenters. The van der Waals surface area contributed by atoms with Crippen molar-refractivity contribution in [1.82, 2.24) is 20.9 Å². The fraction of sp³-hybridized carbons (Fsp3) is 0.273. The molecule has 8 heteroatoms. The predicted octanol–water partition coefficient (Wildman–Crippen LogP) is 3.37. The number of carbonyl (C=O) groups excluding carboxylic acids is 1. The smallest absolute Gasteiger partial charge is 0.251 e. The molecule has 0 saturated carbocycles. The van der Waals surface area contributed by atoms with E-state index in [4.69, 9.17) is 0 Å². The summed E-state index contributed by atoms with van der Waals surface area (Å²) < 4.78 is 13.5. The van der Waals surface area contributed by atoms with Gasteiger partial charge in [0.2, 0.25) is 0 Å². The predicted molar refractivity (Wildman–Crippen MR) is 130 cm³/mol. The molecular formula is C22H27FIN5O. The highest BCUT2D eigenvalue weighted by molar-refractivity contribution is 14.0. The second kappa shape index (κ2) is 11.5. The van der Waals surface area contributed by atoms with Crippen LogP contribution in [0, 0.1) is 12.7 Å². The number of halogens is 2. The van der Waals surface area contributed by atoms with Crippen LogP contribution in [0.25, 0.3) is 10.9 Å². The molecule has 2 aromatic carbocycles. The quantitative estimate of drug-likeness (QED) is 0.166. The van der Waals surface area contributed by atoms with E-state index in [2.05, 4.69) is 25.9 Å². The number of benzene rings is 2.